The number of carbonyl (C=O) groups is 1. The zero-order valence-electron chi connectivity index (χ0n) is 14.4. The second-order valence-corrected chi connectivity index (χ2v) is 8.08. The molecule has 2 saturated heterocycles. The number of nitrogens with zero attached hydrogens (tertiary/aromatic N) is 2. The molecule has 1 spiro atoms. The first-order valence-electron chi connectivity index (χ1n) is 8.85. The van der Waals surface area contributed by atoms with E-state index >= 15 is 0 Å². The van der Waals surface area contributed by atoms with Gasteiger partial charge in [0.2, 0.25) is 5.91 Å². The Labute approximate surface area is 149 Å². The van der Waals surface area contributed by atoms with Gasteiger partial charge in [0.15, 0.2) is 0 Å². The number of likely N-dealkylation sites (tertiary alicyclic amines) is 2. The molecule has 0 aromatic heterocycles. The summed E-state index contributed by atoms with van der Waals surface area (Å²) in [5.74, 6) is 0.604. The van der Waals surface area contributed by atoms with Crippen LogP contribution in [0.5, 0.6) is 0 Å². The molecule has 0 unspecified atom stereocenters. The summed E-state index contributed by atoms with van der Waals surface area (Å²) in [6, 6.07) is 7.76. The third-order valence-electron chi connectivity index (χ3n) is 5.49. The Kier molecular flexibility index (Phi) is 5.48. The van der Waals surface area contributed by atoms with Crippen LogP contribution in [0.2, 0.25) is 5.02 Å². The molecule has 1 aromatic carbocycles. The van der Waals surface area contributed by atoms with Gasteiger partial charge in [-0.05, 0) is 55.0 Å². The van der Waals surface area contributed by atoms with Crippen LogP contribution < -0.4 is 0 Å². The van der Waals surface area contributed by atoms with Crippen molar-refractivity contribution in [2.45, 2.75) is 32.7 Å². The summed E-state index contributed by atoms with van der Waals surface area (Å²) < 4.78 is 0. The minimum Gasteiger partial charge on any atom is -0.396 e. The van der Waals surface area contributed by atoms with E-state index in [2.05, 4.69) is 11.8 Å². The molecule has 2 heterocycles. The normalized spacial score (nSPS) is 22.3. The van der Waals surface area contributed by atoms with Crippen molar-refractivity contribution in [1.29, 1.82) is 0 Å². The number of benzene rings is 1. The maximum absolute atomic E-state index is 12.5. The van der Waals surface area contributed by atoms with Crippen molar-refractivity contribution in [3.05, 3.63) is 34.9 Å². The van der Waals surface area contributed by atoms with Crippen molar-refractivity contribution in [3.8, 4) is 0 Å². The molecule has 2 aliphatic rings. The fourth-order valence-electron chi connectivity index (χ4n) is 3.98. The van der Waals surface area contributed by atoms with E-state index in [1.54, 1.807) is 0 Å². The molecule has 0 radical (unpaired) electrons. The van der Waals surface area contributed by atoms with Crippen LogP contribution >= 0.6 is 11.6 Å². The van der Waals surface area contributed by atoms with E-state index in [0.717, 1.165) is 49.6 Å². The summed E-state index contributed by atoms with van der Waals surface area (Å²) in [5.41, 5.74) is 1.29. The highest BCUT2D eigenvalue weighted by Crippen LogP contribution is 2.41. The van der Waals surface area contributed by atoms with E-state index in [4.69, 9.17) is 11.6 Å². The molecule has 1 N–H and O–H groups in total. The van der Waals surface area contributed by atoms with Crippen molar-refractivity contribution in [2.75, 3.05) is 32.8 Å². The largest absolute Gasteiger partial charge is 0.396 e. The summed E-state index contributed by atoms with van der Waals surface area (Å²) in [6.45, 7) is 6.90. The molecule has 3 rings (SSSR count). The highest BCUT2D eigenvalue weighted by Gasteiger charge is 2.44. The molecule has 5 heteroatoms. The van der Waals surface area contributed by atoms with E-state index < -0.39 is 0 Å². The Morgan fingerprint density at radius 2 is 1.92 bits per heavy atom. The predicted octanol–water partition coefficient (Wildman–Crippen LogP) is 2.78. The average molecular weight is 351 g/mol. The van der Waals surface area contributed by atoms with Crippen molar-refractivity contribution in [1.82, 2.24) is 9.80 Å². The summed E-state index contributed by atoms with van der Waals surface area (Å²) in [5, 5.41) is 9.94. The van der Waals surface area contributed by atoms with E-state index in [1.165, 1.54) is 0 Å². The Morgan fingerprint density at radius 1 is 1.25 bits per heavy atom. The number of piperidine rings is 1. The molecule has 0 saturated carbocycles. The third kappa shape index (κ3) is 4.11. The van der Waals surface area contributed by atoms with Gasteiger partial charge in [0, 0.05) is 37.7 Å². The molecule has 2 aliphatic heterocycles. The lowest BCUT2D eigenvalue weighted by atomic mass is 9.77. The smallest absolute Gasteiger partial charge is 0.223 e. The van der Waals surface area contributed by atoms with Crippen LogP contribution in [0, 0.1) is 11.3 Å². The van der Waals surface area contributed by atoms with E-state index in [1.807, 2.05) is 29.2 Å². The number of amides is 1. The van der Waals surface area contributed by atoms with Crippen LogP contribution in [0.1, 0.15) is 31.7 Å². The first-order valence-corrected chi connectivity index (χ1v) is 9.23. The van der Waals surface area contributed by atoms with Gasteiger partial charge in [0.25, 0.3) is 0 Å². The highest BCUT2D eigenvalue weighted by molar-refractivity contribution is 6.30. The average Bonchev–Trinajstić information content (AvgIpc) is 2.87. The number of hydrogen-bond donors (Lipinski definition) is 1. The predicted molar refractivity (Wildman–Crippen MR) is 95.8 cm³/mol. The summed E-state index contributed by atoms with van der Waals surface area (Å²) in [6.07, 6.45) is 2.84. The van der Waals surface area contributed by atoms with Gasteiger partial charge in [0.1, 0.15) is 0 Å². The molecule has 1 aromatic rings. The van der Waals surface area contributed by atoms with Gasteiger partial charge in [-0.3, -0.25) is 4.79 Å². The molecule has 24 heavy (non-hydrogen) atoms. The van der Waals surface area contributed by atoms with Crippen molar-refractivity contribution in [3.63, 3.8) is 0 Å². The summed E-state index contributed by atoms with van der Waals surface area (Å²) in [4.78, 5) is 16.9. The number of carbonyl (C=O) groups excluding carboxylic acids is 1. The van der Waals surface area contributed by atoms with Crippen molar-refractivity contribution < 1.29 is 9.90 Å². The summed E-state index contributed by atoms with van der Waals surface area (Å²) >= 11 is 5.93. The second kappa shape index (κ2) is 7.42. The van der Waals surface area contributed by atoms with Crippen LogP contribution in [0.3, 0.4) is 0 Å². The first-order chi connectivity index (χ1) is 11.5. The van der Waals surface area contributed by atoms with Crippen molar-refractivity contribution in [2.24, 2.45) is 11.3 Å². The zero-order valence-corrected chi connectivity index (χ0v) is 15.1. The van der Waals surface area contributed by atoms with Gasteiger partial charge in [0.05, 0.1) is 0 Å². The molecule has 4 nitrogen and oxygen atoms in total. The fraction of sp³-hybridized carbons (Fsp3) is 0.632. The lowest BCUT2D eigenvalue weighted by molar-refractivity contribution is -0.128. The van der Waals surface area contributed by atoms with Gasteiger partial charge in [-0.25, -0.2) is 0 Å². The van der Waals surface area contributed by atoms with Crippen molar-refractivity contribution >= 4 is 17.5 Å². The fourth-order valence-corrected chi connectivity index (χ4v) is 4.11. The number of hydrogen-bond acceptors (Lipinski definition) is 3. The van der Waals surface area contributed by atoms with Crippen LogP contribution in [-0.2, 0) is 11.3 Å². The van der Waals surface area contributed by atoms with Crippen LogP contribution in [-0.4, -0.2) is 53.6 Å². The first kappa shape index (κ1) is 17.7. The van der Waals surface area contributed by atoms with Gasteiger partial charge >= 0.3 is 0 Å². The maximum atomic E-state index is 12.5. The van der Waals surface area contributed by atoms with E-state index in [-0.39, 0.29) is 17.9 Å². The van der Waals surface area contributed by atoms with Gasteiger partial charge in [-0.2, -0.15) is 0 Å². The standard InChI is InChI=1S/C19H27ClN2O2/c1-15(13-23)11-21-8-6-19(7-9-21)10-18(24)22(14-19)12-16-2-4-17(20)5-3-16/h2-5,15,23H,6-14H2,1H3/t15-/m0/s1. The minimum absolute atomic E-state index is 0.155. The number of aliphatic hydroxyl groups is 1. The zero-order chi connectivity index (χ0) is 17.2. The number of rotatable bonds is 5. The number of aliphatic hydroxyl groups excluding tert-OH is 1. The van der Waals surface area contributed by atoms with E-state index in [0.29, 0.717) is 18.9 Å². The monoisotopic (exact) mass is 350 g/mol. The minimum atomic E-state index is 0.155. The molecule has 132 valence electrons. The Bertz CT molecular complexity index is 567. The molecular formula is C19H27ClN2O2. The molecule has 0 aliphatic carbocycles. The Balaban J connectivity index is 1.56. The molecular weight excluding hydrogens is 324 g/mol. The van der Waals surface area contributed by atoms with Crippen LogP contribution in [0.15, 0.2) is 24.3 Å². The SMILES string of the molecule is C[C@H](CO)CN1CCC2(CC1)CC(=O)N(Cc1ccc(Cl)cc1)C2. The number of halogens is 1. The Morgan fingerprint density at radius 3 is 2.54 bits per heavy atom. The second-order valence-electron chi connectivity index (χ2n) is 7.64. The van der Waals surface area contributed by atoms with Gasteiger partial charge < -0.3 is 14.9 Å². The van der Waals surface area contributed by atoms with Gasteiger partial charge in [-0.1, -0.05) is 30.7 Å². The summed E-state index contributed by atoms with van der Waals surface area (Å²) in [7, 11) is 0. The van der Waals surface area contributed by atoms with E-state index in [9.17, 15) is 9.90 Å². The van der Waals surface area contributed by atoms with Crippen LogP contribution in [0.4, 0.5) is 0 Å². The van der Waals surface area contributed by atoms with Crippen LogP contribution in [0.25, 0.3) is 0 Å². The maximum Gasteiger partial charge on any atom is 0.223 e. The highest BCUT2D eigenvalue weighted by atomic mass is 35.5. The topological polar surface area (TPSA) is 43.8 Å². The van der Waals surface area contributed by atoms with Gasteiger partial charge in [-0.15, -0.1) is 0 Å². The third-order valence-corrected chi connectivity index (χ3v) is 5.74. The Hall–Kier alpha value is -1.10. The lowest BCUT2D eigenvalue weighted by Gasteiger charge is -2.39. The quantitative estimate of drug-likeness (QED) is 0.888. The lowest BCUT2D eigenvalue weighted by Crippen LogP contribution is -2.43. The molecule has 2 fully saturated rings. The molecule has 0 bridgehead atoms. The molecule has 1 atom stereocenters. The molecule has 1 amide bonds.